The van der Waals surface area contributed by atoms with Crippen LogP contribution in [0.15, 0.2) is 72.8 Å². The molecule has 0 aliphatic carbocycles. The number of hydrogen-bond acceptors (Lipinski definition) is 5. The largest absolute Gasteiger partial charge is 0.460 e. The van der Waals surface area contributed by atoms with Gasteiger partial charge in [0, 0.05) is 22.3 Å². The highest BCUT2D eigenvalue weighted by molar-refractivity contribution is 5.96. The first kappa shape index (κ1) is 21.5. The third kappa shape index (κ3) is 4.95. The van der Waals surface area contributed by atoms with Gasteiger partial charge in [-0.15, -0.1) is 0 Å². The Balaban J connectivity index is 1.43. The maximum atomic E-state index is 14.1. The predicted octanol–water partition coefficient (Wildman–Crippen LogP) is 4.30. The van der Waals surface area contributed by atoms with Crippen molar-refractivity contribution in [3.63, 3.8) is 0 Å². The van der Waals surface area contributed by atoms with Gasteiger partial charge in [-0.1, -0.05) is 48.5 Å². The molecule has 1 N–H and O–H groups in total. The fourth-order valence-electron chi connectivity index (χ4n) is 3.36. The first-order valence-electron chi connectivity index (χ1n) is 10.2. The minimum Gasteiger partial charge on any atom is -0.460 e. The lowest BCUT2D eigenvalue weighted by atomic mass is 10.1. The summed E-state index contributed by atoms with van der Waals surface area (Å²) in [5, 5.41) is 2.60. The molecule has 2 atom stereocenters. The van der Waals surface area contributed by atoms with E-state index in [0.717, 1.165) is 5.56 Å². The molecule has 0 saturated carbocycles. The van der Waals surface area contributed by atoms with Crippen molar-refractivity contribution in [3.8, 4) is 5.75 Å². The topological polar surface area (TPSA) is 73.9 Å². The minimum absolute atomic E-state index is 0.164. The highest BCUT2D eigenvalue weighted by Crippen LogP contribution is 2.36. The Morgan fingerprint density at radius 3 is 2.50 bits per heavy atom. The smallest absolute Gasteiger partial charge is 0.328 e. The Labute approximate surface area is 184 Å². The molecule has 1 aliphatic heterocycles. The van der Waals surface area contributed by atoms with E-state index in [0.29, 0.717) is 22.4 Å². The van der Waals surface area contributed by atoms with Gasteiger partial charge in [0.2, 0.25) is 6.29 Å². The highest BCUT2D eigenvalue weighted by Gasteiger charge is 2.26. The van der Waals surface area contributed by atoms with Crippen molar-refractivity contribution in [3.05, 3.63) is 101 Å². The Morgan fingerprint density at radius 2 is 1.78 bits per heavy atom. The zero-order valence-corrected chi connectivity index (χ0v) is 17.4. The number of benzene rings is 3. The number of nitrogens with one attached hydrogen (secondary N) is 1. The van der Waals surface area contributed by atoms with Gasteiger partial charge in [-0.25, -0.2) is 9.18 Å². The quantitative estimate of drug-likeness (QED) is 0.585. The molecule has 1 amide bonds. The molecule has 32 heavy (non-hydrogen) atoms. The Morgan fingerprint density at radius 1 is 1.09 bits per heavy atom. The van der Waals surface area contributed by atoms with Crippen LogP contribution in [-0.4, -0.2) is 17.9 Å². The summed E-state index contributed by atoms with van der Waals surface area (Å²) in [7, 11) is 0. The van der Waals surface area contributed by atoms with Crippen LogP contribution in [0.2, 0.25) is 0 Å². The molecule has 0 spiro atoms. The van der Waals surface area contributed by atoms with Crippen LogP contribution in [0.1, 0.15) is 40.3 Å². The third-order valence-electron chi connectivity index (χ3n) is 5.00. The van der Waals surface area contributed by atoms with Crippen molar-refractivity contribution in [2.45, 2.75) is 32.5 Å². The average molecular weight is 435 g/mol. The predicted molar refractivity (Wildman–Crippen MR) is 114 cm³/mol. The van der Waals surface area contributed by atoms with Gasteiger partial charge in [0.15, 0.2) is 0 Å². The van der Waals surface area contributed by atoms with Crippen LogP contribution in [0, 0.1) is 5.82 Å². The second kappa shape index (κ2) is 9.62. The lowest BCUT2D eigenvalue weighted by molar-refractivity contribution is -0.147. The summed E-state index contributed by atoms with van der Waals surface area (Å²) < 4.78 is 31.1. The van der Waals surface area contributed by atoms with Crippen LogP contribution in [0.3, 0.4) is 0 Å². The number of esters is 1. The molecular weight excluding hydrogens is 413 g/mol. The molecule has 0 aromatic heterocycles. The number of amides is 1. The van der Waals surface area contributed by atoms with E-state index in [4.69, 9.17) is 14.2 Å². The van der Waals surface area contributed by atoms with E-state index in [1.165, 1.54) is 19.1 Å². The number of carbonyl (C=O) groups excluding carboxylic acids is 2. The highest BCUT2D eigenvalue weighted by atomic mass is 19.1. The summed E-state index contributed by atoms with van der Waals surface area (Å²) in [4.78, 5) is 24.7. The monoisotopic (exact) mass is 435 g/mol. The normalized spacial score (nSPS) is 15.8. The lowest BCUT2D eigenvalue weighted by Gasteiger charge is -2.28. The standard InChI is InChI=1S/C25H22FNO5/c1-16(27-23(28)17-8-4-2-5-9-17)24(29)30-14-19-12-21(26)13-20-15-31-25(32-22(19)20)18-10-6-3-7-11-18/h2-13,16,25H,14-15H2,1H3,(H,27,28)/t16-,25?/m0/s1. The maximum Gasteiger partial charge on any atom is 0.328 e. The van der Waals surface area contributed by atoms with E-state index in [1.54, 1.807) is 30.3 Å². The van der Waals surface area contributed by atoms with Gasteiger partial charge in [0.25, 0.3) is 5.91 Å². The van der Waals surface area contributed by atoms with E-state index in [9.17, 15) is 14.0 Å². The van der Waals surface area contributed by atoms with E-state index >= 15 is 0 Å². The van der Waals surface area contributed by atoms with Gasteiger partial charge in [0.05, 0.1) is 6.61 Å². The molecule has 0 saturated heterocycles. The van der Waals surface area contributed by atoms with Gasteiger partial charge in [-0.05, 0) is 31.2 Å². The SMILES string of the molecule is C[C@H](NC(=O)c1ccccc1)C(=O)OCc1cc(F)cc2c1OC(c1ccccc1)OC2. The van der Waals surface area contributed by atoms with Crippen molar-refractivity contribution in [2.75, 3.05) is 0 Å². The molecule has 1 aliphatic rings. The van der Waals surface area contributed by atoms with Crippen LogP contribution in [0.25, 0.3) is 0 Å². The summed E-state index contributed by atoms with van der Waals surface area (Å²) in [6.07, 6.45) is -0.646. The van der Waals surface area contributed by atoms with Crippen molar-refractivity contribution in [1.82, 2.24) is 5.32 Å². The van der Waals surface area contributed by atoms with Gasteiger partial charge in [-0.2, -0.15) is 0 Å². The lowest BCUT2D eigenvalue weighted by Crippen LogP contribution is -2.39. The Bertz CT molecular complexity index is 1100. The second-order valence-electron chi connectivity index (χ2n) is 7.39. The second-order valence-corrected chi connectivity index (χ2v) is 7.39. The van der Waals surface area contributed by atoms with Crippen LogP contribution in [0.5, 0.6) is 5.75 Å². The van der Waals surface area contributed by atoms with Crippen LogP contribution < -0.4 is 10.1 Å². The molecule has 0 fully saturated rings. The molecular formula is C25H22FNO5. The first-order chi connectivity index (χ1) is 15.5. The zero-order valence-electron chi connectivity index (χ0n) is 17.4. The van der Waals surface area contributed by atoms with Gasteiger partial charge >= 0.3 is 5.97 Å². The third-order valence-corrected chi connectivity index (χ3v) is 5.00. The number of ether oxygens (including phenoxy) is 3. The minimum atomic E-state index is -0.881. The van der Waals surface area contributed by atoms with E-state index in [-0.39, 0.29) is 19.1 Å². The number of hydrogen-bond donors (Lipinski definition) is 1. The molecule has 0 bridgehead atoms. The number of rotatable bonds is 6. The number of halogens is 1. The van der Waals surface area contributed by atoms with Crippen LogP contribution in [0.4, 0.5) is 4.39 Å². The van der Waals surface area contributed by atoms with E-state index < -0.39 is 24.1 Å². The average Bonchev–Trinajstić information content (AvgIpc) is 2.83. The molecule has 3 aromatic rings. The molecule has 164 valence electrons. The van der Waals surface area contributed by atoms with E-state index in [2.05, 4.69) is 5.32 Å². The molecule has 0 radical (unpaired) electrons. The van der Waals surface area contributed by atoms with Crippen molar-refractivity contribution >= 4 is 11.9 Å². The molecule has 4 rings (SSSR count). The molecule has 3 aromatic carbocycles. The Hall–Kier alpha value is -3.71. The summed E-state index contributed by atoms with van der Waals surface area (Å²) in [5.41, 5.74) is 2.18. The molecule has 1 unspecified atom stereocenters. The van der Waals surface area contributed by atoms with E-state index in [1.807, 2.05) is 30.3 Å². The zero-order chi connectivity index (χ0) is 22.5. The van der Waals surface area contributed by atoms with Gasteiger partial charge in [0.1, 0.15) is 24.2 Å². The summed E-state index contributed by atoms with van der Waals surface area (Å²) >= 11 is 0. The summed E-state index contributed by atoms with van der Waals surface area (Å²) in [5.74, 6) is -1.07. The first-order valence-corrected chi connectivity index (χ1v) is 10.2. The fourth-order valence-corrected chi connectivity index (χ4v) is 3.36. The molecule has 1 heterocycles. The molecule has 6 nitrogen and oxygen atoms in total. The van der Waals surface area contributed by atoms with Crippen molar-refractivity contribution < 1.29 is 28.2 Å². The van der Waals surface area contributed by atoms with Gasteiger partial charge < -0.3 is 19.5 Å². The summed E-state index contributed by atoms with van der Waals surface area (Å²) in [6.45, 7) is 1.49. The number of carbonyl (C=O) groups is 2. The fraction of sp³-hybridized carbons (Fsp3) is 0.200. The van der Waals surface area contributed by atoms with Crippen molar-refractivity contribution in [1.29, 1.82) is 0 Å². The molecule has 7 heteroatoms. The Kier molecular flexibility index (Phi) is 6.47. The van der Waals surface area contributed by atoms with Crippen LogP contribution >= 0.6 is 0 Å². The number of fused-ring (bicyclic) bond motifs is 1. The van der Waals surface area contributed by atoms with Crippen molar-refractivity contribution in [2.24, 2.45) is 0 Å². The van der Waals surface area contributed by atoms with Crippen LogP contribution in [-0.2, 0) is 27.5 Å². The summed E-state index contributed by atoms with van der Waals surface area (Å²) in [6, 6.07) is 19.7. The maximum absolute atomic E-state index is 14.1. The van der Waals surface area contributed by atoms with Gasteiger partial charge in [-0.3, -0.25) is 4.79 Å².